The number of carboxylic acid groups (broad SMARTS) is 1. The zero-order valence-electron chi connectivity index (χ0n) is 13.9. The minimum absolute atomic E-state index is 0.0290. The summed E-state index contributed by atoms with van der Waals surface area (Å²) < 4.78 is 5.16. The monoisotopic (exact) mass is 365 g/mol. The van der Waals surface area contributed by atoms with Crippen LogP contribution in [0.4, 0.5) is 0 Å². The number of hydrogen-bond acceptors (Lipinski definition) is 6. The predicted octanol–water partition coefficient (Wildman–Crippen LogP) is 1.67. The van der Waals surface area contributed by atoms with Crippen LogP contribution in [0.3, 0.4) is 0 Å². The van der Waals surface area contributed by atoms with E-state index in [0.29, 0.717) is 23.1 Å². The van der Waals surface area contributed by atoms with Crippen molar-refractivity contribution < 1.29 is 24.2 Å². The number of carboxylic acids is 1. The van der Waals surface area contributed by atoms with Crippen LogP contribution in [0.5, 0.6) is 5.75 Å². The highest BCUT2D eigenvalue weighted by Gasteiger charge is 2.21. The molecule has 0 saturated carbocycles. The molecule has 1 aromatic heterocycles. The molecule has 1 atom stereocenters. The number of aromatic hydroxyl groups is 1. The summed E-state index contributed by atoms with van der Waals surface area (Å²) in [6, 6.07) is 3.39. The van der Waals surface area contributed by atoms with Gasteiger partial charge in [-0.05, 0) is 43.0 Å². The lowest BCUT2D eigenvalue weighted by Crippen LogP contribution is -2.42. The van der Waals surface area contributed by atoms with Crippen molar-refractivity contribution in [2.45, 2.75) is 25.8 Å². The number of amides is 1. The van der Waals surface area contributed by atoms with Gasteiger partial charge in [0.2, 0.25) is 5.91 Å². The Morgan fingerprint density at radius 1 is 1.36 bits per heavy atom. The summed E-state index contributed by atoms with van der Waals surface area (Å²) in [6.45, 7) is 1.68. The Morgan fingerprint density at radius 3 is 2.72 bits per heavy atom. The standard InChI is InChI=1S/C17H19NO6S/c1-9-11-4-3-10(19)7-14(11)24-17(23)12(9)8-15(20)18-13(16(21)22)5-6-25-2/h3-4,7,13,19H,5-6,8H2,1-2H3,(H,18,20)(H,21,22). The number of rotatable bonds is 7. The minimum atomic E-state index is -1.11. The lowest BCUT2D eigenvalue weighted by molar-refractivity contribution is -0.141. The van der Waals surface area contributed by atoms with Crippen molar-refractivity contribution in [2.24, 2.45) is 0 Å². The molecule has 0 spiro atoms. The Morgan fingerprint density at radius 2 is 2.08 bits per heavy atom. The number of phenols is 1. The molecule has 1 amide bonds. The maximum Gasteiger partial charge on any atom is 0.340 e. The molecule has 0 radical (unpaired) electrons. The van der Waals surface area contributed by atoms with E-state index in [2.05, 4.69) is 5.32 Å². The normalized spacial score (nSPS) is 12.1. The van der Waals surface area contributed by atoms with Crippen molar-refractivity contribution in [3.05, 3.63) is 39.7 Å². The quantitative estimate of drug-likeness (QED) is 0.639. The van der Waals surface area contributed by atoms with Crippen LogP contribution < -0.4 is 10.9 Å². The molecule has 134 valence electrons. The molecule has 0 aliphatic heterocycles. The Kier molecular flexibility index (Phi) is 6.08. The molecule has 0 fully saturated rings. The van der Waals surface area contributed by atoms with E-state index in [-0.39, 0.29) is 23.3 Å². The number of carbonyl (C=O) groups is 2. The first-order valence-corrected chi connectivity index (χ1v) is 8.99. The highest BCUT2D eigenvalue weighted by atomic mass is 32.2. The molecule has 0 aliphatic carbocycles. The highest BCUT2D eigenvalue weighted by molar-refractivity contribution is 7.98. The predicted molar refractivity (Wildman–Crippen MR) is 95.2 cm³/mol. The van der Waals surface area contributed by atoms with Crippen molar-refractivity contribution in [3.63, 3.8) is 0 Å². The number of aliphatic carboxylic acids is 1. The van der Waals surface area contributed by atoms with Gasteiger partial charge >= 0.3 is 11.6 Å². The van der Waals surface area contributed by atoms with Gasteiger partial charge in [0, 0.05) is 11.5 Å². The van der Waals surface area contributed by atoms with Crippen LogP contribution in [0.25, 0.3) is 11.0 Å². The van der Waals surface area contributed by atoms with Crippen molar-refractivity contribution >= 4 is 34.6 Å². The Hall–Kier alpha value is -2.48. The highest BCUT2D eigenvalue weighted by Crippen LogP contribution is 2.23. The molecule has 2 aromatic rings. The lowest BCUT2D eigenvalue weighted by atomic mass is 10.0. The van der Waals surface area contributed by atoms with Gasteiger partial charge in [-0.3, -0.25) is 4.79 Å². The average Bonchev–Trinajstić information content (AvgIpc) is 2.54. The fourth-order valence-corrected chi connectivity index (χ4v) is 2.96. The molecular weight excluding hydrogens is 346 g/mol. The molecule has 0 aliphatic rings. The lowest BCUT2D eigenvalue weighted by Gasteiger charge is -2.14. The molecule has 0 saturated heterocycles. The number of hydrogen-bond donors (Lipinski definition) is 3. The zero-order valence-corrected chi connectivity index (χ0v) is 14.7. The molecule has 1 heterocycles. The molecule has 1 aromatic carbocycles. The summed E-state index contributed by atoms with van der Waals surface area (Å²) >= 11 is 1.49. The van der Waals surface area contributed by atoms with Gasteiger partial charge in [-0.2, -0.15) is 11.8 Å². The molecule has 7 nitrogen and oxygen atoms in total. The van der Waals surface area contributed by atoms with E-state index in [1.54, 1.807) is 13.0 Å². The first-order chi connectivity index (χ1) is 11.8. The third-order valence-corrected chi connectivity index (χ3v) is 4.50. The molecule has 2 rings (SSSR count). The van der Waals surface area contributed by atoms with E-state index < -0.39 is 23.5 Å². The van der Waals surface area contributed by atoms with Crippen LogP contribution in [0.2, 0.25) is 0 Å². The minimum Gasteiger partial charge on any atom is -0.508 e. The number of carbonyl (C=O) groups excluding carboxylic acids is 1. The third-order valence-electron chi connectivity index (χ3n) is 3.85. The van der Waals surface area contributed by atoms with Gasteiger partial charge in [0.15, 0.2) is 0 Å². The smallest absolute Gasteiger partial charge is 0.340 e. The van der Waals surface area contributed by atoms with Crippen molar-refractivity contribution in [1.82, 2.24) is 5.32 Å². The average molecular weight is 365 g/mol. The molecule has 25 heavy (non-hydrogen) atoms. The van der Waals surface area contributed by atoms with Crippen LogP contribution >= 0.6 is 11.8 Å². The number of benzene rings is 1. The second-order valence-corrected chi connectivity index (χ2v) is 6.58. The van der Waals surface area contributed by atoms with Crippen LogP contribution in [0.1, 0.15) is 17.5 Å². The summed E-state index contributed by atoms with van der Waals surface area (Å²) in [5, 5.41) is 21.7. The van der Waals surface area contributed by atoms with Crippen LogP contribution in [0.15, 0.2) is 27.4 Å². The fourth-order valence-electron chi connectivity index (χ4n) is 2.49. The Labute approximate surface area is 148 Å². The van der Waals surface area contributed by atoms with E-state index in [0.717, 1.165) is 0 Å². The summed E-state index contributed by atoms with van der Waals surface area (Å²) in [5.74, 6) is -1.10. The molecule has 3 N–H and O–H groups in total. The van der Waals surface area contributed by atoms with Gasteiger partial charge in [0.25, 0.3) is 0 Å². The Bertz CT molecular complexity index is 860. The molecule has 1 unspecified atom stereocenters. The topological polar surface area (TPSA) is 117 Å². The van der Waals surface area contributed by atoms with Crippen LogP contribution in [-0.4, -0.2) is 40.1 Å². The maximum atomic E-state index is 12.2. The summed E-state index contributed by atoms with van der Waals surface area (Å²) in [7, 11) is 0. The first kappa shape index (κ1) is 18.9. The Balaban J connectivity index is 2.24. The SMILES string of the molecule is CSCCC(NC(=O)Cc1c(C)c2ccc(O)cc2oc1=O)C(=O)O. The number of phenolic OH excluding ortho intramolecular Hbond substituents is 1. The van der Waals surface area contributed by atoms with Crippen LogP contribution in [-0.2, 0) is 16.0 Å². The van der Waals surface area contributed by atoms with E-state index in [9.17, 15) is 19.5 Å². The first-order valence-electron chi connectivity index (χ1n) is 7.60. The van der Waals surface area contributed by atoms with Crippen molar-refractivity contribution in [3.8, 4) is 5.75 Å². The van der Waals surface area contributed by atoms with Gasteiger partial charge in [-0.15, -0.1) is 0 Å². The molecular formula is C17H19NO6S. The van der Waals surface area contributed by atoms with Gasteiger partial charge < -0.3 is 19.9 Å². The number of thioether (sulfide) groups is 1. The van der Waals surface area contributed by atoms with Gasteiger partial charge in [-0.1, -0.05) is 0 Å². The molecule has 0 bridgehead atoms. The van der Waals surface area contributed by atoms with E-state index >= 15 is 0 Å². The number of fused-ring (bicyclic) bond motifs is 1. The van der Waals surface area contributed by atoms with E-state index in [1.165, 1.54) is 23.9 Å². The van der Waals surface area contributed by atoms with Crippen molar-refractivity contribution in [1.29, 1.82) is 0 Å². The van der Waals surface area contributed by atoms with Gasteiger partial charge in [0.05, 0.1) is 12.0 Å². The summed E-state index contributed by atoms with van der Waals surface area (Å²) in [4.78, 5) is 35.5. The zero-order chi connectivity index (χ0) is 18.6. The third kappa shape index (κ3) is 4.54. The van der Waals surface area contributed by atoms with E-state index in [4.69, 9.17) is 9.52 Å². The second-order valence-electron chi connectivity index (χ2n) is 5.59. The number of nitrogens with one attached hydrogen (secondary N) is 1. The largest absolute Gasteiger partial charge is 0.508 e. The summed E-state index contributed by atoms with van der Waals surface area (Å²) in [6.07, 6.45) is 1.88. The van der Waals surface area contributed by atoms with E-state index in [1.807, 2.05) is 6.26 Å². The van der Waals surface area contributed by atoms with Crippen molar-refractivity contribution in [2.75, 3.05) is 12.0 Å². The number of aryl methyl sites for hydroxylation is 1. The maximum absolute atomic E-state index is 12.2. The molecule has 8 heteroatoms. The van der Waals surface area contributed by atoms with Crippen LogP contribution in [0, 0.1) is 6.92 Å². The second kappa shape index (κ2) is 8.06. The fraction of sp³-hybridized carbons (Fsp3) is 0.353. The van der Waals surface area contributed by atoms with Gasteiger partial charge in [0.1, 0.15) is 17.4 Å². The summed E-state index contributed by atoms with van der Waals surface area (Å²) in [5.41, 5.74) is 0.291. The van der Waals surface area contributed by atoms with Gasteiger partial charge in [-0.25, -0.2) is 9.59 Å².